The highest BCUT2D eigenvalue weighted by Crippen LogP contribution is 2.18. The highest BCUT2D eigenvalue weighted by Gasteiger charge is 2.14. The van der Waals surface area contributed by atoms with Crippen LogP contribution in [0.2, 0.25) is 0 Å². The van der Waals surface area contributed by atoms with E-state index in [-0.39, 0.29) is 0 Å². The number of fused-ring (bicyclic) bond motifs is 1. The van der Waals surface area contributed by atoms with Crippen molar-refractivity contribution in [2.45, 2.75) is 32.9 Å². The minimum Gasteiger partial charge on any atom is -0.327 e. The Labute approximate surface area is 120 Å². The van der Waals surface area contributed by atoms with Gasteiger partial charge in [-0.05, 0) is 38.1 Å². The van der Waals surface area contributed by atoms with Crippen LogP contribution in [0.3, 0.4) is 0 Å². The Morgan fingerprint density at radius 3 is 3.00 bits per heavy atom. The molecule has 0 saturated carbocycles. The molecule has 1 aromatic carbocycles. The van der Waals surface area contributed by atoms with E-state index < -0.39 is 0 Å². The molecule has 0 bridgehead atoms. The van der Waals surface area contributed by atoms with Crippen molar-refractivity contribution in [3.63, 3.8) is 0 Å². The maximum Gasteiger partial charge on any atom is 0.124 e. The lowest BCUT2D eigenvalue weighted by atomic mass is 10.3. The van der Waals surface area contributed by atoms with Gasteiger partial charge in [-0.1, -0.05) is 19.1 Å². The average molecular weight is 272 g/mol. The van der Waals surface area contributed by atoms with Crippen molar-refractivity contribution in [3.05, 3.63) is 30.1 Å². The van der Waals surface area contributed by atoms with Crippen molar-refractivity contribution < 1.29 is 0 Å². The molecule has 0 spiro atoms. The van der Waals surface area contributed by atoms with Crippen LogP contribution in [0.4, 0.5) is 0 Å². The second-order valence-electron chi connectivity index (χ2n) is 5.55. The first kappa shape index (κ1) is 13.6. The third-order valence-electron chi connectivity index (χ3n) is 3.98. The Hall–Kier alpha value is -1.39. The maximum absolute atomic E-state index is 4.86. The number of aryl methyl sites for hydroxylation is 1. The van der Waals surface area contributed by atoms with Gasteiger partial charge in [0.1, 0.15) is 5.82 Å². The van der Waals surface area contributed by atoms with Crippen LogP contribution in [0.5, 0.6) is 0 Å². The molecule has 2 aromatic rings. The van der Waals surface area contributed by atoms with E-state index in [0.717, 1.165) is 44.7 Å². The molecule has 20 heavy (non-hydrogen) atoms. The molecule has 0 amide bonds. The van der Waals surface area contributed by atoms with Crippen molar-refractivity contribution in [1.82, 2.24) is 19.8 Å². The summed E-state index contributed by atoms with van der Waals surface area (Å²) in [5.74, 6) is 1.22. The van der Waals surface area contributed by atoms with Gasteiger partial charge in [-0.25, -0.2) is 4.98 Å². The second kappa shape index (κ2) is 6.37. The zero-order chi connectivity index (χ0) is 13.8. The summed E-state index contributed by atoms with van der Waals surface area (Å²) < 4.78 is 2.40. The Balaban J connectivity index is 1.87. The molecule has 3 rings (SSSR count). The molecule has 4 heteroatoms. The lowest BCUT2D eigenvalue weighted by molar-refractivity contribution is 0.273. The van der Waals surface area contributed by atoms with Crippen LogP contribution in [-0.4, -0.2) is 40.6 Å². The fourth-order valence-electron chi connectivity index (χ4n) is 2.98. The minimum absolute atomic E-state index is 0.969. The number of hydrogen-bond donors (Lipinski definition) is 1. The fourth-order valence-corrected chi connectivity index (χ4v) is 2.98. The zero-order valence-corrected chi connectivity index (χ0v) is 12.3. The molecule has 2 heterocycles. The second-order valence-corrected chi connectivity index (χ2v) is 5.55. The standard InChI is InChI=1S/C16H24N4/c1-2-10-20-15-7-4-3-6-14(15)18-16(20)13-19-11-5-8-17-9-12-19/h3-4,6-7,17H,2,5,8-13H2,1H3. The highest BCUT2D eigenvalue weighted by atomic mass is 15.2. The van der Waals surface area contributed by atoms with Gasteiger partial charge in [0.25, 0.3) is 0 Å². The van der Waals surface area contributed by atoms with Crippen molar-refractivity contribution in [2.24, 2.45) is 0 Å². The summed E-state index contributed by atoms with van der Waals surface area (Å²) in [4.78, 5) is 7.38. The number of nitrogens with zero attached hydrogens (tertiary/aromatic N) is 3. The van der Waals surface area contributed by atoms with Crippen LogP contribution in [0.25, 0.3) is 11.0 Å². The molecule has 0 atom stereocenters. The van der Waals surface area contributed by atoms with E-state index >= 15 is 0 Å². The molecular formula is C16H24N4. The molecule has 1 aromatic heterocycles. The molecular weight excluding hydrogens is 248 g/mol. The Bertz CT molecular complexity index is 553. The molecule has 1 aliphatic rings. The van der Waals surface area contributed by atoms with Crippen molar-refractivity contribution >= 4 is 11.0 Å². The maximum atomic E-state index is 4.86. The quantitative estimate of drug-likeness (QED) is 0.926. The van der Waals surface area contributed by atoms with E-state index in [4.69, 9.17) is 4.98 Å². The van der Waals surface area contributed by atoms with Crippen molar-refractivity contribution in [3.8, 4) is 0 Å². The lowest BCUT2D eigenvalue weighted by Crippen LogP contribution is -2.29. The average Bonchev–Trinajstić information content (AvgIpc) is 2.64. The summed E-state index contributed by atoms with van der Waals surface area (Å²) in [6, 6.07) is 8.49. The van der Waals surface area contributed by atoms with Crippen LogP contribution in [-0.2, 0) is 13.1 Å². The number of aromatic nitrogens is 2. The molecule has 1 aliphatic heterocycles. The van der Waals surface area contributed by atoms with Crippen LogP contribution in [0.15, 0.2) is 24.3 Å². The van der Waals surface area contributed by atoms with E-state index in [1.807, 2.05) is 0 Å². The van der Waals surface area contributed by atoms with Gasteiger partial charge in [-0.15, -0.1) is 0 Å². The Morgan fingerprint density at radius 1 is 1.20 bits per heavy atom. The lowest BCUT2D eigenvalue weighted by Gasteiger charge is -2.19. The SMILES string of the molecule is CCCn1c(CN2CCCNCC2)nc2ccccc21. The largest absolute Gasteiger partial charge is 0.327 e. The van der Waals surface area contributed by atoms with E-state index in [2.05, 4.69) is 46.0 Å². The summed E-state index contributed by atoms with van der Waals surface area (Å²) in [5, 5.41) is 3.46. The van der Waals surface area contributed by atoms with Crippen molar-refractivity contribution in [1.29, 1.82) is 0 Å². The summed E-state index contributed by atoms with van der Waals surface area (Å²) in [6.45, 7) is 8.78. The first-order chi connectivity index (χ1) is 9.88. The first-order valence-corrected chi connectivity index (χ1v) is 7.75. The van der Waals surface area contributed by atoms with Gasteiger partial charge in [0.2, 0.25) is 0 Å². The van der Waals surface area contributed by atoms with Gasteiger partial charge in [0, 0.05) is 19.6 Å². The van der Waals surface area contributed by atoms with Gasteiger partial charge in [0.15, 0.2) is 0 Å². The van der Waals surface area contributed by atoms with Gasteiger partial charge in [-0.3, -0.25) is 4.90 Å². The van der Waals surface area contributed by atoms with E-state index in [1.54, 1.807) is 0 Å². The summed E-state index contributed by atoms with van der Waals surface area (Å²) in [6.07, 6.45) is 2.38. The summed E-state index contributed by atoms with van der Waals surface area (Å²) >= 11 is 0. The highest BCUT2D eigenvalue weighted by molar-refractivity contribution is 5.75. The Morgan fingerprint density at radius 2 is 2.10 bits per heavy atom. The predicted molar refractivity (Wildman–Crippen MR) is 82.8 cm³/mol. The van der Waals surface area contributed by atoms with Crippen LogP contribution < -0.4 is 5.32 Å². The molecule has 0 aliphatic carbocycles. The number of nitrogens with one attached hydrogen (secondary N) is 1. The molecule has 108 valence electrons. The van der Waals surface area contributed by atoms with E-state index in [9.17, 15) is 0 Å². The zero-order valence-electron chi connectivity index (χ0n) is 12.3. The van der Waals surface area contributed by atoms with Crippen LogP contribution in [0, 0.1) is 0 Å². The summed E-state index contributed by atoms with van der Waals surface area (Å²) in [7, 11) is 0. The Kier molecular flexibility index (Phi) is 4.33. The third kappa shape index (κ3) is 2.86. The topological polar surface area (TPSA) is 33.1 Å². The molecule has 0 unspecified atom stereocenters. The van der Waals surface area contributed by atoms with Gasteiger partial charge < -0.3 is 9.88 Å². The summed E-state index contributed by atoms with van der Waals surface area (Å²) in [5.41, 5.74) is 2.40. The smallest absolute Gasteiger partial charge is 0.124 e. The van der Waals surface area contributed by atoms with Gasteiger partial charge >= 0.3 is 0 Å². The molecule has 4 nitrogen and oxygen atoms in total. The fraction of sp³-hybridized carbons (Fsp3) is 0.562. The number of benzene rings is 1. The number of para-hydroxylation sites is 2. The van der Waals surface area contributed by atoms with Crippen molar-refractivity contribution in [2.75, 3.05) is 26.2 Å². The molecule has 1 saturated heterocycles. The normalized spacial score (nSPS) is 17.4. The molecule has 0 radical (unpaired) electrons. The van der Waals surface area contributed by atoms with Crippen LogP contribution >= 0.6 is 0 Å². The number of imidazole rings is 1. The predicted octanol–water partition coefficient (Wildman–Crippen LogP) is 2.24. The number of hydrogen-bond acceptors (Lipinski definition) is 3. The molecule has 1 fully saturated rings. The third-order valence-corrected chi connectivity index (χ3v) is 3.98. The van der Waals surface area contributed by atoms with E-state index in [1.165, 1.54) is 24.3 Å². The van der Waals surface area contributed by atoms with Gasteiger partial charge in [0.05, 0.1) is 17.6 Å². The number of rotatable bonds is 4. The van der Waals surface area contributed by atoms with Gasteiger partial charge in [-0.2, -0.15) is 0 Å². The van der Waals surface area contributed by atoms with E-state index in [0.29, 0.717) is 0 Å². The minimum atomic E-state index is 0.969. The molecule has 1 N–H and O–H groups in total. The van der Waals surface area contributed by atoms with Crippen LogP contribution in [0.1, 0.15) is 25.6 Å². The monoisotopic (exact) mass is 272 g/mol. The first-order valence-electron chi connectivity index (χ1n) is 7.75.